The minimum absolute atomic E-state index is 0.517. The lowest BCUT2D eigenvalue weighted by molar-refractivity contribution is 1.27. The largest absolute Gasteiger partial charge is 0.199 e. The van der Waals surface area contributed by atoms with Gasteiger partial charge in [0.1, 0.15) is 0 Å². The summed E-state index contributed by atoms with van der Waals surface area (Å²) in [6.45, 7) is 4.97. The summed E-state index contributed by atoms with van der Waals surface area (Å²) in [6, 6.07) is 31.9. The third kappa shape index (κ3) is 2.60. The minimum Gasteiger partial charge on any atom is -0.0763 e. The van der Waals surface area contributed by atoms with E-state index in [1.54, 1.807) is 22.1 Å². The summed E-state index contributed by atoms with van der Waals surface area (Å²) in [7, 11) is -0.592. The molecule has 0 saturated carbocycles. The standard InChI is InChI=1S/C28H24BSi/c1-30(2)29(27-15-7-13-23-21-11-5-3-9-19(21)17-25(23)27)28-16-8-14-24-22-12-6-4-10-20(22)18-26(24)28/h3-16H,17-18H2,1-2H3. The minimum atomic E-state index is -0.592. The third-order valence-electron chi connectivity index (χ3n) is 6.97. The van der Waals surface area contributed by atoms with Crippen LogP contribution in [0.5, 0.6) is 0 Å². The molecular formula is C28H24BSi. The van der Waals surface area contributed by atoms with Gasteiger partial charge >= 0.3 is 0 Å². The van der Waals surface area contributed by atoms with Crippen molar-refractivity contribution in [2.45, 2.75) is 25.9 Å². The third-order valence-corrected chi connectivity index (χ3v) is 8.75. The molecule has 0 heterocycles. The molecule has 0 nitrogen and oxygen atoms in total. The van der Waals surface area contributed by atoms with Gasteiger partial charge in [0.2, 0.25) is 0 Å². The Kier molecular flexibility index (Phi) is 4.11. The van der Waals surface area contributed by atoms with Gasteiger partial charge in [-0.15, -0.1) is 0 Å². The SMILES string of the molecule is C[Si](C)B(c1cccc2c1Cc1ccccc1-2)c1cccc2c1Cc1ccccc1-2. The van der Waals surface area contributed by atoms with E-state index in [9.17, 15) is 0 Å². The molecule has 0 aromatic heterocycles. The van der Waals surface area contributed by atoms with Crippen LogP contribution in [0.3, 0.4) is 0 Å². The molecule has 0 bridgehead atoms. The van der Waals surface area contributed by atoms with Crippen LogP contribution in [0.1, 0.15) is 22.3 Å². The number of rotatable bonds is 3. The predicted molar refractivity (Wildman–Crippen MR) is 132 cm³/mol. The average molecular weight is 399 g/mol. The fraction of sp³-hybridized carbons (Fsp3) is 0.143. The Bertz CT molecular complexity index is 1190. The fourth-order valence-corrected chi connectivity index (χ4v) is 7.48. The number of hydrogen-bond donors (Lipinski definition) is 0. The van der Waals surface area contributed by atoms with E-state index in [1.165, 1.54) is 33.4 Å². The van der Waals surface area contributed by atoms with Gasteiger partial charge in [-0.25, -0.2) is 0 Å². The molecule has 0 atom stereocenters. The van der Waals surface area contributed by atoms with E-state index in [4.69, 9.17) is 0 Å². The van der Waals surface area contributed by atoms with E-state index in [-0.39, 0.29) is 0 Å². The van der Waals surface area contributed by atoms with Crippen LogP contribution in [0.2, 0.25) is 13.1 Å². The van der Waals surface area contributed by atoms with E-state index >= 15 is 0 Å². The molecule has 2 aliphatic carbocycles. The first-order valence-corrected chi connectivity index (χ1v) is 13.5. The highest BCUT2D eigenvalue weighted by Crippen LogP contribution is 2.37. The molecule has 0 unspecified atom stereocenters. The predicted octanol–water partition coefficient (Wildman–Crippen LogP) is 5.27. The van der Waals surface area contributed by atoms with E-state index < -0.39 is 8.67 Å². The van der Waals surface area contributed by atoms with Gasteiger partial charge in [0, 0.05) is 8.67 Å². The summed E-state index contributed by atoms with van der Waals surface area (Å²) in [5.74, 6) is 0. The molecule has 4 aromatic rings. The van der Waals surface area contributed by atoms with Crippen molar-refractivity contribution in [2.75, 3.05) is 0 Å². The van der Waals surface area contributed by atoms with Crippen LogP contribution in [0.15, 0.2) is 84.9 Å². The molecule has 4 aromatic carbocycles. The average Bonchev–Trinajstić information content (AvgIpc) is 3.33. The quantitative estimate of drug-likeness (QED) is 0.356. The maximum atomic E-state index is 2.48. The Labute approximate surface area is 181 Å². The van der Waals surface area contributed by atoms with Crippen molar-refractivity contribution in [3.05, 3.63) is 107 Å². The van der Waals surface area contributed by atoms with Crippen molar-refractivity contribution in [1.82, 2.24) is 0 Å². The van der Waals surface area contributed by atoms with E-state index in [2.05, 4.69) is 98.0 Å². The molecular weight excluding hydrogens is 375 g/mol. The van der Waals surface area contributed by atoms with Crippen LogP contribution in [0.25, 0.3) is 22.3 Å². The molecule has 0 fully saturated rings. The Hall–Kier alpha value is -2.84. The molecule has 0 aliphatic heterocycles. The van der Waals surface area contributed by atoms with Gasteiger partial charge in [-0.1, -0.05) is 109 Å². The first kappa shape index (κ1) is 18.0. The van der Waals surface area contributed by atoms with E-state index in [0.29, 0.717) is 6.31 Å². The summed E-state index contributed by atoms with van der Waals surface area (Å²) in [5, 5.41) is 0. The maximum Gasteiger partial charge on any atom is 0.199 e. The number of benzene rings is 4. The molecule has 1 radical (unpaired) electrons. The highest BCUT2D eigenvalue weighted by molar-refractivity contribution is 7.33. The Morgan fingerprint density at radius 1 is 0.533 bits per heavy atom. The van der Waals surface area contributed by atoms with Crippen LogP contribution >= 0.6 is 0 Å². The Balaban J connectivity index is 1.53. The van der Waals surface area contributed by atoms with Crippen LogP contribution in [0, 0.1) is 0 Å². The van der Waals surface area contributed by atoms with Crippen LogP contribution in [-0.4, -0.2) is 15.0 Å². The molecule has 0 spiro atoms. The fourth-order valence-electron chi connectivity index (χ4n) is 5.69. The van der Waals surface area contributed by atoms with Gasteiger partial charge in [-0.3, -0.25) is 0 Å². The van der Waals surface area contributed by atoms with Gasteiger partial charge in [-0.05, 0) is 57.3 Å². The monoisotopic (exact) mass is 399 g/mol. The number of hydrogen-bond acceptors (Lipinski definition) is 0. The second kappa shape index (κ2) is 6.85. The summed E-state index contributed by atoms with van der Waals surface area (Å²) in [5.41, 5.74) is 15.0. The zero-order valence-corrected chi connectivity index (χ0v) is 18.6. The van der Waals surface area contributed by atoms with Gasteiger partial charge in [-0.2, -0.15) is 0 Å². The normalized spacial score (nSPS) is 13.0. The highest BCUT2D eigenvalue weighted by atomic mass is 28.3. The molecule has 2 heteroatoms. The van der Waals surface area contributed by atoms with E-state index in [1.807, 2.05) is 0 Å². The first-order valence-electron chi connectivity index (χ1n) is 10.9. The summed E-state index contributed by atoms with van der Waals surface area (Å²) < 4.78 is 0. The van der Waals surface area contributed by atoms with Crippen molar-refractivity contribution in [1.29, 1.82) is 0 Å². The van der Waals surface area contributed by atoms with Gasteiger partial charge in [0.25, 0.3) is 0 Å². The zero-order valence-electron chi connectivity index (χ0n) is 17.6. The van der Waals surface area contributed by atoms with Crippen molar-refractivity contribution < 1.29 is 0 Å². The van der Waals surface area contributed by atoms with Crippen molar-refractivity contribution in [3.8, 4) is 22.3 Å². The first-order chi connectivity index (χ1) is 14.7. The highest BCUT2D eigenvalue weighted by Gasteiger charge is 2.33. The molecule has 30 heavy (non-hydrogen) atoms. The van der Waals surface area contributed by atoms with Crippen molar-refractivity contribution >= 4 is 25.9 Å². The van der Waals surface area contributed by atoms with Gasteiger partial charge < -0.3 is 0 Å². The number of fused-ring (bicyclic) bond motifs is 6. The zero-order chi connectivity index (χ0) is 20.2. The van der Waals surface area contributed by atoms with Crippen LogP contribution in [0.4, 0.5) is 0 Å². The molecule has 6 rings (SSSR count). The second-order valence-electron chi connectivity index (χ2n) is 8.92. The molecule has 0 amide bonds. The maximum absolute atomic E-state index is 2.48. The molecule has 0 saturated heterocycles. The smallest absolute Gasteiger partial charge is 0.0763 e. The molecule has 143 valence electrons. The molecule has 0 N–H and O–H groups in total. The summed E-state index contributed by atoms with van der Waals surface area (Å²) in [6.07, 6.45) is 2.66. The van der Waals surface area contributed by atoms with Gasteiger partial charge in [0.15, 0.2) is 6.31 Å². The van der Waals surface area contributed by atoms with E-state index in [0.717, 1.165) is 12.8 Å². The topological polar surface area (TPSA) is 0 Å². The summed E-state index contributed by atoms with van der Waals surface area (Å²) >= 11 is 0. The van der Waals surface area contributed by atoms with Crippen molar-refractivity contribution in [3.63, 3.8) is 0 Å². The second-order valence-corrected chi connectivity index (χ2v) is 11.7. The van der Waals surface area contributed by atoms with Crippen LogP contribution in [-0.2, 0) is 12.8 Å². The Morgan fingerprint density at radius 3 is 1.43 bits per heavy atom. The lowest BCUT2D eigenvalue weighted by Crippen LogP contribution is -2.54. The summed E-state index contributed by atoms with van der Waals surface area (Å²) in [4.78, 5) is 0. The lowest BCUT2D eigenvalue weighted by atomic mass is 9.57. The Morgan fingerprint density at radius 2 is 0.967 bits per heavy atom. The molecule has 2 aliphatic rings. The van der Waals surface area contributed by atoms with Gasteiger partial charge in [0.05, 0.1) is 0 Å². The van der Waals surface area contributed by atoms with Crippen molar-refractivity contribution in [2.24, 2.45) is 0 Å². The van der Waals surface area contributed by atoms with Crippen LogP contribution < -0.4 is 10.9 Å². The lowest BCUT2D eigenvalue weighted by Gasteiger charge is -2.23.